The molecule has 0 aromatic carbocycles. The van der Waals surface area contributed by atoms with Crippen LogP contribution in [0.25, 0.3) is 0 Å². The van der Waals surface area contributed by atoms with Gasteiger partial charge in [0, 0.05) is 12.1 Å². The molecule has 0 atom stereocenters. The van der Waals surface area contributed by atoms with Crippen LogP contribution in [0.3, 0.4) is 0 Å². The minimum absolute atomic E-state index is 0.312. The topological polar surface area (TPSA) is 40.5 Å². The van der Waals surface area contributed by atoms with E-state index in [0.29, 0.717) is 6.54 Å². The van der Waals surface area contributed by atoms with E-state index in [1.54, 1.807) is 0 Å². The van der Waals surface area contributed by atoms with E-state index in [1.165, 1.54) is 4.90 Å². The fourth-order valence-electron chi connectivity index (χ4n) is 1.11. The summed E-state index contributed by atoms with van der Waals surface area (Å²) in [6, 6.07) is 0. The molecule has 0 aromatic rings. The van der Waals surface area contributed by atoms with Crippen molar-refractivity contribution in [2.75, 3.05) is 6.54 Å². The first-order valence-corrected chi connectivity index (χ1v) is 4.51. The Morgan fingerprint density at radius 3 is 2.38 bits per heavy atom. The monoisotopic (exact) mass is 185 g/mol. The summed E-state index contributed by atoms with van der Waals surface area (Å²) in [6.45, 7) is 9.87. The molecule has 0 spiro atoms. The highest BCUT2D eigenvalue weighted by molar-refractivity contribution is 5.65. The van der Waals surface area contributed by atoms with E-state index in [0.717, 1.165) is 12.8 Å². The number of hydrogen-bond acceptors (Lipinski definition) is 1. The molecule has 1 amide bonds. The van der Waals surface area contributed by atoms with Crippen LogP contribution in [0.4, 0.5) is 4.79 Å². The minimum Gasteiger partial charge on any atom is -0.465 e. The Bertz CT molecular complexity index is 182. The third-order valence-corrected chi connectivity index (χ3v) is 1.83. The number of carbonyl (C=O) groups is 1. The summed E-state index contributed by atoms with van der Waals surface area (Å²) in [5.74, 6) is 0. The smallest absolute Gasteiger partial charge is 0.407 e. The highest BCUT2D eigenvalue weighted by atomic mass is 16.4. The van der Waals surface area contributed by atoms with Crippen molar-refractivity contribution in [3.8, 4) is 0 Å². The molecule has 0 saturated heterocycles. The van der Waals surface area contributed by atoms with E-state index >= 15 is 0 Å². The third kappa shape index (κ3) is 4.55. The average Bonchev–Trinajstić information content (AvgIpc) is 1.94. The summed E-state index contributed by atoms with van der Waals surface area (Å²) < 4.78 is 0. The van der Waals surface area contributed by atoms with E-state index in [9.17, 15) is 4.79 Å². The molecule has 0 saturated carbocycles. The summed E-state index contributed by atoms with van der Waals surface area (Å²) in [5, 5.41) is 8.91. The van der Waals surface area contributed by atoms with Gasteiger partial charge in [-0.25, -0.2) is 4.79 Å². The number of carboxylic acid groups (broad SMARTS) is 1. The van der Waals surface area contributed by atoms with Gasteiger partial charge >= 0.3 is 6.09 Å². The SMILES string of the molecule is C=CCCCN(C(=O)O)C(C)(C)C. The maximum Gasteiger partial charge on any atom is 0.407 e. The number of allylic oxidation sites excluding steroid dienone is 1. The number of rotatable bonds is 4. The van der Waals surface area contributed by atoms with Crippen molar-refractivity contribution in [2.45, 2.75) is 39.2 Å². The molecule has 0 aliphatic carbocycles. The summed E-state index contributed by atoms with van der Waals surface area (Å²) in [4.78, 5) is 12.3. The minimum atomic E-state index is -0.850. The fourth-order valence-corrected chi connectivity index (χ4v) is 1.11. The van der Waals surface area contributed by atoms with Crippen LogP contribution in [0, 0.1) is 0 Å². The lowest BCUT2D eigenvalue weighted by Crippen LogP contribution is -2.45. The van der Waals surface area contributed by atoms with Crippen molar-refractivity contribution >= 4 is 6.09 Å². The van der Waals surface area contributed by atoms with Crippen molar-refractivity contribution in [3.05, 3.63) is 12.7 Å². The van der Waals surface area contributed by atoms with Gasteiger partial charge in [0.05, 0.1) is 0 Å². The lowest BCUT2D eigenvalue weighted by atomic mass is 10.1. The molecular formula is C10H19NO2. The Hall–Kier alpha value is -0.990. The second-order valence-corrected chi connectivity index (χ2v) is 4.04. The molecule has 0 aromatic heterocycles. The van der Waals surface area contributed by atoms with Crippen LogP contribution in [0.2, 0.25) is 0 Å². The van der Waals surface area contributed by atoms with Gasteiger partial charge in [0.1, 0.15) is 0 Å². The molecule has 3 nitrogen and oxygen atoms in total. The summed E-state index contributed by atoms with van der Waals surface area (Å²) in [7, 11) is 0. The Labute approximate surface area is 80.0 Å². The predicted octanol–water partition coefficient (Wildman–Crippen LogP) is 2.73. The summed E-state index contributed by atoms with van der Waals surface area (Å²) in [5.41, 5.74) is -0.312. The molecular weight excluding hydrogens is 166 g/mol. The van der Waals surface area contributed by atoms with Crippen LogP contribution < -0.4 is 0 Å². The molecule has 0 bridgehead atoms. The van der Waals surface area contributed by atoms with Gasteiger partial charge in [-0.15, -0.1) is 6.58 Å². The first kappa shape index (κ1) is 12.0. The van der Waals surface area contributed by atoms with E-state index in [1.807, 2.05) is 26.8 Å². The lowest BCUT2D eigenvalue weighted by Gasteiger charge is -2.33. The van der Waals surface area contributed by atoms with Crippen LogP contribution in [-0.2, 0) is 0 Å². The zero-order valence-electron chi connectivity index (χ0n) is 8.71. The van der Waals surface area contributed by atoms with Gasteiger partial charge in [0.15, 0.2) is 0 Å². The second-order valence-electron chi connectivity index (χ2n) is 4.04. The lowest BCUT2D eigenvalue weighted by molar-refractivity contribution is 0.0997. The first-order chi connectivity index (χ1) is 5.89. The van der Waals surface area contributed by atoms with Gasteiger partial charge in [-0.1, -0.05) is 6.08 Å². The van der Waals surface area contributed by atoms with E-state index < -0.39 is 6.09 Å². The van der Waals surface area contributed by atoms with Crippen LogP contribution >= 0.6 is 0 Å². The highest BCUT2D eigenvalue weighted by Gasteiger charge is 2.24. The van der Waals surface area contributed by atoms with Crippen molar-refractivity contribution in [3.63, 3.8) is 0 Å². The fraction of sp³-hybridized carbons (Fsp3) is 0.700. The zero-order valence-corrected chi connectivity index (χ0v) is 8.71. The van der Waals surface area contributed by atoms with Crippen molar-refractivity contribution in [2.24, 2.45) is 0 Å². The van der Waals surface area contributed by atoms with Crippen LogP contribution in [-0.4, -0.2) is 28.2 Å². The van der Waals surface area contributed by atoms with Crippen LogP contribution in [0.15, 0.2) is 12.7 Å². The van der Waals surface area contributed by atoms with Gasteiger partial charge in [-0.2, -0.15) is 0 Å². The molecule has 3 heteroatoms. The van der Waals surface area contributed by atoms with Crippen LogP contribution in [0.1, 0.15) is 33.6 Å². The van der Waals surface area contributed by atoms with E-state index in [-0.39, 0.29) is 5.54 Å². The van der Waals surface area contributed by atoms with Crippen molar-refractivity contribution in [1.29, 1.82) is 0 Å². The largest absolute Gasteiger partial charge is 0.465 e. The molecule has 1 N–H and O–H groups in total. The molecule has 0 aliphatic rings. The molecule has 0 radical (unpaired) electrons. The first-order valence-electron chi connectivity index (χ1n) is 4.51. The van der Waals surface area contributed by atoms with Gasteiger partial charge in [0.25, 0.3) is 0 Å². The van der Waals surface area contributed by atoms with E-state index in [4.69, 9.17) is 5.11 Å². The van der Waals surface area contributed by atoms with Gasteiger partial charge < -0.3 is 10.0 Å². The summed E-state index contributed by atoms with van der Waals surface area (Å²) >= 11 is 0. The molecule has 13 heavy (non-hydrogen) atoms. The normalized spacial score (nSPS) is 11.0. The molecule has 76 valence electrons. The Morgan fingerprint density at radius 1 is 1.54 bits per heavy atom. The van der Waals surface area contributed by atoms with Gasteiger partial charge in [-0.05, 0) is 33.6 Å². The Kier molecular flexibility index (Phi) is 4.52. The third-order valence-electron chi connectivity index (χ3n) is 1.83. The van der Waals surface area contributed by atoms with Gasteiger partial charge in [-0.3, -0.25) is 0 Å². The van der Waals surface area contributed by atoms with E-state index in [2.05, 4.69) is 6.58 Å². The average molecular weight is 185 g/mol. The highest BCUT2D eigenvalue weighted by Crippen LogP contribution is 2.14. The van der Waals surface area contributed by atoms with Crippen LogP contribution in [0.5, 0.6) is 0 Å². The number of unbranched alkanes of at least 4 members (excludes halogenated alkanes) is 1. The number of amides is 1. The Morgan fingerprint density at radius 2 is 2.08 bits per heavy atom. The summed E-state index contributed by atoms with van der Waals surface area (Å²) in [6.07, 6.45) is 2.66. The molecule has 0 heterocycles. The molecule has 0 fully saturated rings. The maximum absolute atomic E-state index is 10.8. The molecule has 0 rings (SSSR count). The zero-order chi connectivity index (χ0) is 10.5. The van der Waals surface area contributed by atoms with Crippen molar-refractivity contribution < 1.29 is 9.90 Å². The standard InChI is InChI=1S/C10H19NO2/c1-5-6-7-8-11(9(12)13)10(2,3)4/h5H,1,6-8H2,2-4H3,(H,12,13). The quantitative estimate of drug-likeness (QED) is 0.540. The predicted molar refractivity (Wildman–Crippen MR) is 53.9 cm³/mol. The van der Waals surface area contributed by atoms with Gasteiger partial charge in [0.2, 0.25) is 0 Å². The number of nitrogens with zero attached hydrogens (tertiary/aromatic N) is 1. The molecule has 0 aliphatic heterocycles. The Balaban J connectivity index is 4.12. The second kappa shape index (κ2) is 4.90. The molecule has 0 unspecified atom stereocenters. The number of hydrogen-bond donors (Lipinski definition) is 1. The maximum atomic E-state index is 10.8. The van der Waals surface area contributed by atoms with Crippen molar-refractivity contribution in [1.82, 2.24) is 4.90 Å².